The van der Waals surface area contributed by atoms with Crippen molar-refractivity contribution in [2.75, 3.05) is 18.9 Å². The van der Waals surface area contributed by atoms with Gasteiger partial charge in [-0.05, 0) is 106 Å². The van der Waals surface area contributed by atoms with Crippen LogP contribution in [0.2, 0.25) is 0 Å². The zero-order valence-electron chi connectivity index (χ0n) is 29.1. The largest absolute Gasteiger partial charge is 0.444 e. The van der Waals surface area contributed by atoms with Gasteiger partial charge in [0.15, 0.2) is 0 Å². The molecule has 10 nitrogen and oxygen atoms in total. The van der Waals surface area contributed by atoms with Gasteiger partial charge in [0.1, 0.15) is 17.5 Å². The summed E-state index contributed by atoms with van der Waals surface area (Å²) in [7, 11) is 1.51. The third kappa shape index (κ3) is 11.1. The summed E-state index contributed by atoms with van der Waals surface area (Å²) in [5, 5.41) is 11.3. The molecule has 1 aliphatic rings. The monoisotopic (exact) mass is 797 g/mol. The fourth-order valence-electron chi connectivity index (χ4n) is 5.88. The van der Waals surface area contributed by atoms with Gasteiger partial charge in [0.25, 0.3) is 5.91 Å². The van der Waals surface area contributed by atoms with E-state index in [0.29, 0.717) is 41.8 Å². The smallest absolute Gasteiger partial charge is 0.407 e. The van der Waals surface area contributed by atoms with Crippen LogP contribution >= 0.6 is 22.9 Å². The van der Waals surface area contributed by atoms with Crippen LogP contribution in [0, 0.1) is 17.7 Å². The topological polar surface area (TPSA) is 138 Å². The van der Waals surface area contributed by atoms with Crippen LogP contribution < -0.4 is 21.3 Å². The maximum absolute atomic E-state index is 15.0. The molecular weight excluding hydrogens is 752 g/mol. The summed E-state index contributed by atoms with van der Waals surface area (Å²) >= 11 is 1.94. The Balaban J connectivity index is 1.49. The maximum Gasteiger partial charge on any atom is 0.407 e. The van der Waals surface area contributed by atoms with E-state index in [1.165, 1.54) is 25.2 Å². The quantitative estimate of drug-likeness (QED) is 0.122. The van der Waals surface area contributed by atoms with E-state index < -0.39 is 23.6 Å². The summed E-state index contributed by atoms with van der Waals surface area (Å²) in [5.74, 6) is -1.49. The van der Waals surface area contributed by atoms with Gasteiger partial charge in [0.05, 0.1) is 28.6 Å². The Morgan fingerprint density at radius 1 is 0.960 bits per heavy atom. The molecule has 4 rings (SSSR count). The van der Waals surface area contributed by atoms with E-state index >= 15 is 0 Å². The third-order valence-electron chi connectivity index (χ3n) is 8.61. The highest BCUT2D eigenvalue weighted by atomic mass is 127. The summed E-state index contributed by atoms with van der Waals surface area (Å²) in [4.78, 5) is 51.7. The van der Waals surface area contributed by atoms with Crippen LogP contribution in [0.5, 0.6) is 0 Å². The molecule has 266 valence electrons. The molecule has 12 heteroatoms. The van der Waals surface area contributed by atoms with E-state index in [9.17, 15) is 23.6 Å². The zero-order chi connectivity index (χ0) is 36.4. The first-order valence-corrected chi connectivity index (χ1v) is 17.7. The van der Waals surface area contributed by atoms with Crippen LogP contribution in [0.4, 0.5) is 14.9 Å². The van der Waals surface area contributed by atoms with Crippen molar-refractivity contribution in [3.63, 3.8) is 0 Å². The molecule has 50 heavy (non-hydrogen) atoms. The van der Waals surface area contributed by atoms with E-state index in [2.05, 4.69) is 24.5 Å². The molecule has 1 atom stereocenters. The first-order chi connectivity index (χ1) is 23.8. The van der Waals surface area contributed by atoms with Crippen LogP contribution in [0.3, 0.4) is 0 Å². The van der Waals surface area contributed by atoms with Crippen molar-refractivity contribution >= 4 is 58.1 Å². The summed E-state index contributed by atoms with van der Waals surface area (Å²) < 4.78 is 24.5. The summed E-state index contributed by atoms with van der Waals surface area (Å²) in [6.45, 7) is 7.80. The Kier molecular flexibility index (Phi) is 13.5. The SMILES string of the molecule is CNC(=O)c1ccc(F)c(-c2cccc(C[C@H](NC(=O)[C@H]3CC[C@H](CNC(=O)OC(C)(C)C)CC3)C(=O)Nc3ccc(/C(C)=N/I)cc3)c2)c1. The van der Waals surface area contributed by atoms with Gasteiger partial charge >= 0.3 is 6.09 Å². The van der Waals surface area contributed by atoms with Crippen molar-refractivity contribution in [1.29, 1.82) is 0 Å². The van der Waals surface area contributed by atoms with Gasteiger partial charge in [-0.25, -0.2) is 12.4 Å². The number of amides is 4. The van der Waals surface area contributed by atoms with Crippen molar-refractivity contribution < 1.29 is 28.3 Å². The molecule has 4 amide bonds. The third-order valence-corrected chi connectivity index (χ3v) is 9.34. The summed E-state index contributed by atoms with van der Waals surface area (Å²) in [5.41, 5.74) is 3.57. The van der Waals surface area contributed by atoms with Crippen molar-refractivity contribution in [2.45, 2.75) is 71.4 Å². The average molecular weight is 798 g/mol. The second-order valence-corrected chi connectivity index (χ2v) is 14.1. The van der Waals surface area contributed by atoms with Crippen LogP contribution in [-0.2, 0) is 20.7 Å². The molecule has 0 aromatic heterocycles. The lowest BCUT2D eigenvalue weighted by Gasteiger charge is -2.29. The van der Waals surface area contributed by atoms with Crippen LogP contribution in [-0.4, -0.2) is 54.8 Å². The summed E-state index contributed by atoms with van der Waals surface area (Å²) in [6.07, 6.45) is 2.43. The van der Waals surface area contributed by atoms with E-state index in [4.69, 9.17) is 4.74 Å². The van der Waals surface area contributed by atoms with Crippen LogP contribution in [0.1, 0.15) is 74.9 Å². The number of ether oxygens (including phenoxy) is 1. The number of hydrogen-bond acceptors (Lipinski definition) is 6. The van der Waals surface area contributed by atoms with E-state index in [-0.39, 0.29) is 41.5 Å². The molecule has 4 N–H and O–H groups in total. The highest BCUT2D eigenvalue weighted by Gasteiger charge is 2.30. The van der Waals surface area contributed by atoms with Crippen molar-refractivity contribution in [3.8, 4) is 11.1 Å². The standard InChI is InChI=1S/C38H45FIN5O5/c1-23(45-40)26-13-16-30(17-14-26)43-36(48)33(44-35(47)27-11-9-24(10-12-27)22-42-37(49)50-38(2,3)4)20-25-7-6-8-28(19-25)31-21-29(34(46)41-5)15-18-32(31)39/h6-8,13-19,21,24,27,33H,9-12,20,22H2,1-5H3,(H,41,46)(H,42,49)(H,43,48)(H,44,47)/b45-23+/t24-,27-,33-/m0/s1. The van der Waals surface area contributed by atoms with Gasteiger partial charge in [-0.1, -0.05) is 36.4 Å². The molecule has 1 aliphatic carbocycles. The highest BCUT2D eigenvalue weighted by Crippen LogP contribution is 2.29. The lowest BCUT2D eigenvalue weighted by atomic mass is 9.81. The number of hydrogen-bond donors (Lipinski definition) is 4. The number of anilines is 1. The Hall–Kier alpha value is -4.33. The summed E-state index contributed by atoms with van der Waals surface area (Å²) in [6, 6.07) is 17.6. The van der Waals surface area contributed by atoms with Gasteiger partial charge < -0.3 is 26.0 Å². The van der Waals surface area contributed by atoms with Gasteiger partial charge in [0.2, 0.25) is 11.8 Å². The number of rotatable bonds is 11. The minimum atomic E-state index is -0.927. The Morgan fingerprint density at radius 2 is 1.64 bits per heavy atom. The van der Waals surface area contributed by atoms with Crippen LogP contribution in [0.15, 0.2) is 69.9 Å². The molecule has 0 saturated heterocycles. The number of carbonyl (C=O) groups excluding carboxylic acids is 4. The fourth-order valence-corrected chi connectivity index (χ4v) is 6.15. The van der Waals surface area contributed by atoms with E-state index in [1.807, 2.05) is 68.8 Å². The minimum absolute atomic E-state index is 0.149. The zero-order valence-corrected chi connectivity index (χ0v) is 31.2. The molecule has 3 aromatic carbocycles. The second kappa shape index (κ2) is 17.6. The maximum atomic E-state index is 15.0. The number of carbonyl (C=O) groups is 4. The first-order valence-electron chi connectivity index (χ1n) is 16.7. The Labute approximate surface area is 306 Å². The molecule has 3 aromatic rings. The Morgan fingerprint density at radius 3 is 2.28 bits per heavy atom. The Bertz CT molecular complexity index is 1720. The predicted molar refractivity (Wildman–Crippen MR) is 202 cm³/mol. The molecule has 1 fully saturated rings. The van der Waals surface area contributed by atoms with Gasteiger partial charge in [-0.2, -0.15) is 0 Å². The first kappa shape index (κ1) is 38.5. The molecule has 0 bridgehead atoms. The molecule has 1 saturated carbocycles. The highest BCUT2D eigenvalue weighted by molar-refractivity contribution is 14.1. The van der Waals surface area contributed by atoms with Crippen molar-refractivity contribution in [1.82, 2.24) is 16.0 Å². The van der Waals surface area contributed by atoms with Crippen LogP contribution in [0.25, 0.3) is 11.1 Å². The van der Waals surface area contributed by atoms with E-state index in [1.54, 1.807) is 30.3 Å². The lowest BCUT2D eigenvalue weighted by molar-refractivity contribution is -0.130. The van der Waals surface area contributed by atoms with E-state index in [0.717, 1.165) is 24.1 Å². The predicted octanol–water partition coefficient (Wildman–Crippen LogP) is 7.01. The van der Waals surface area contributed by atoms with Crippen molar-refractivity contribution in [3.05, 3.63) is 89.2 Å². The van der Waals surface area contributed by atoms with Gasteiger partial charge in [0, 0.05) is 42.7 Å². The normalized spacial score (nSPS) is 16.9. The molecule has 0 unspecified atom stereocenters. The second-order valence-electron chi connectivity index (χ2n) is 13.6. The number of nitrogens with zero attached hydrogens (tertiary/aromatic N) is 1. The number of alkyl carbamates (subject to hydrolysis) is 1. The molecule has 0 radical (unpaired) electrons. The number of benzene rings is 3. The number of halogens is 2. The minimum Gasteiger partial charge on any atom is -0.444 e. The number of nitrogens with one attached hydrogen (secondary N) is 4. The van der Waals surface area contributed by atoms with Gasteiger partial charge in [-0.15, -0.1) is 0 Å². The molecule has 0 aliphatic heterocycles. The molecule has 0 heterocycles. The fraction of sp³-hybridized carbons (Fsp3) is 0.395. The lowest BCUT2D eigenvalue weighted by Crippen LogP contribution is -2.48. The molecule has 0 spiro atoms. The van der Waals surface area contributed by atoms with Gasteiger partial charge in [-0.3, -0.25) is 14.4 Å². The average Bonchev–Trinajstić information content (AvgIpc) is 3.09. The molecular formula is C38H45FIN5O5. The van der Waals surface area contributed by atoms with Crippen molar-refractivity contribution in [2.24, 2.45) is 15.0 Å².